The molecule has 0 spiro atoms. The minimum Gasteiger partial charge on any atom is -0.391 e. The van der Waals surface area contributed by atoms with Crippen LogP contribution in [0.5, 0.6) is 0 Å². The van der Waals surface area contributed by atoms with Crippen LogP contribution in [0.3, 0.4) is 0 Å². The highest BCUT2D eigenvalue weighted by Crippen LogP contribution is 2.30. The molecule has 3 nitrogen and oxygen atoms in total. The third-order valence-corrected chi connectivity index (χ3v) is 3.65. The summed E-state index contributed by atoms with van der Waals surface area (Å²) in [6.45, 7) is 1.07. The van der Waals surface area contributed by atoms with Gasteiger partial charge in [0.05, 0.1) is 12.7 Å². The lowest BCUT2D eigenvalue weighted by atomic mass is 9.87. The van der Waals surface area contributed by atoms with Gasteiger partial charge in [-0.15, -0.1) is 0 Å². The van der Waals surface area contributed by atoms with Crippen molar-refractivity contribution in [1.29, 1.82) is 0 Å². The zero-order chi connectivity index (χ0) is 13.7. The van der Waals surface area contributed by atoms with Crippen molar-refractivity contribution in [3.05, 3.63) is 35.1 Å². The molecule has 0 amide bonds. The summed E-state index contributed by atoms with van der Waals surface area (Å²) in [5.41, 5.74) is 2.31. The number of halogens is 1. The lowest BCUT2D eigenvalue weighted by Crippen LogP contribution is -2.29. The molecule has 1 aromatic carbocycles. The van der Waals surface area contributed by atoms with Crippen molar-refractivity contribution in [3.8, 4) is 0 Å². The maximum atomic E-state index is 13.3. The highest BCUT2D eigenvalue weighted by atomic mass is 19.1. The highest BCUT2D eigenvalue weighted by Gasteiger charge is 2.20. The number of nitrogens with one attached hydrogen (secondary N) is 1. The van der Waals surface area contributed by atoms with Crippen LogP contribution < -0.4 is 5.32 Å². The first kappa shape index (κ1) is 14.4. The molecule has 1 aliphatic carbocycles. The molecule has 19 heavy (non-hydrogen) atoms. The number of aliphatic hydroxyl groups excluding tert-OH is 1. The number of aryl methyl sites for hydroxylation is 1. The minimum atomic E-state index is -0.437. The first-order valence-corrected chi connectivity index (χ1v) is 6.89. The topological polar surface area (TPSA) is 41.5 Å². The van der Waals surface area contributed by atoms with Crippen molar-refractivity contribution in [1.82, 2.24) is 5.32 Å². The fraction of sp³-hybridized carbons (Fsp3) is 0.600. The molecule has 2 rings (SSSR count). The van der Waals surface area contributed by atoms with E-state index in [1.54, 1.807) is 13.2 Å². The van der Waals surface area contributed by atoms with Gasteiger partial charge in [-0.3, -0.25) is 0 Å². The zero-order valence-electron chi connectivity index (χ0n) is 11.4. The van der Waals surface area contributed by atoms with Gasteiger partial charge in [0.2, 0.25) is 0 Å². The number of fused-ring (bicyclic) bond motifs is 1. The van der Waals surface area contributed by atoms with E-state index in [4.69, 9.17) is 4.74 Å². The average molecular weight is 267 g/mol. The quantitative estimate of drug-likeness (QED) is 0.830. The molecule has 0 radical (unpaired) electrons. The summed E-state index contributed by atoms with van der Waals surface area (Å²) in [6.07, 6.45) is 3.39. The van der Waals surface area contributed by atoms with Gasteiger partial charge >= 0.3 is 0 Å². The summed E-state index contributed by atoms with van der Waals surface area (Å²) in [4.78, 5) is 0. The number of methoxy groups -OCH3 is 1. The van der Waals surface area contributed by atoms with Crippen molar-refractivity contribution in [2.45, 2.75) is 37.8 Å². The molecule has 2 N–H and O–H groups in total. The Bertz CT molecular complexity index is 411. The molecule has 0 aliphatic heterocycles. The molecule has 0 fully saturated rings. The summed E-state index contributed by atoms with van der Waals surface area (Å²) in [5.74, 6) is -0.174. The van der Waals surface area contributed by atoms with E-state index in [1.807, 2.05) is 6.07 Å². The van der Waals surface area contributed by atoms with E-state index in [9.17, 15) is 9.50 Å². The Kier molecular flexibility index (Phi) is 5.31. The number of hydrogen-bond acceptors (Lipinski definition) is 3. The second kappa shape index (κ2) is 6.98. The van der Waals surface area contributed by atoms with Gasteiger partial charge in [0.15, 0.2) is 0 Å². The Balaban J connectivity index is 1.90. The third-order valence-electron chi connectivity index (χ3n) is 3.65. The van der Waals surface area contributed by atoms with Crippen LogP contribution in [0.1, 0.15) is 36.4 Å². The highest BCUT2D eigenvalue weighted by molar-refractivity contribution is 5.32. The molecule has 0 saturated carbocycles. The van der Waals surface area contributed by atoms with Crippen LogP contribution in [-0.2, 0) is 11.2 Å². The van der Waals surface area contributed by atoms with E-state index >= 15 is 0 Å². The second-order valence-corrected chi connectivity index (χ2v) is 5.14. The number of hydrogen-bond donors (Lipinski definition) is 2. The zero-order valence-corrected chi connectivity index (χ0v) is 11.4. The Morgan fingerprint density at radius 3 is 3.16 bits per heavy atom. The monoisotopic (exact) mass is 267 g/mol. The lowest BCUT2D eigenvalue weighted by Gasteiger charge is -2.27. The molecule has 0 saturated heterocycles. The van der Waals surface area contributed by atoms with Crippen LogP contribution in [0.25, 0.3) is 0 Å². The Hall–Kier alpha value is -0.970. The van der Waals surface area contributed by atoms with Gasteiger partial charge in [-0.1, -0.05) is 6.07 Å². The Morgan fingerprint density at radius 2 is 2.37 bits per heavy atom. The maximum absolute atomic E-state index is 13.3. The molecule has 0 heterocycles. The van der Waals surface area contributed by atoms with E-state index < -0.39 is 6.10 Å². The maximum Gasteiger partial charge on any atom is 0.123 e. The summed E-state index contributed by atoms with van der Waals surface area (Å²) in [7, 11) is 1.58. The predicted molar refractivity (Wildman–Crippen MR) is 72.6 cm³/mol. The van der Waals surface area contributed by atoms with Gasteiger partial charge in [0.25, 0.3) is 0 Å². The molecule has 1 aliphatic rings. The SMILES string of the molecule is COCC(O)CCNC1CCCc2ccc(F)cc21. The van der Waals surface area contributed by atoms with Crippen LogP contribution in [0.4, 0.5) is 4.39 Å². The summed E-state index contributed by atoms with van der Waals surface area (Å²) < 4.78 is 18.2. The van der Waals surface area contributed by atoms with Crippen molar-refractivity contribution in [2.24, 2.45) is 0 Å². The van der Waals surface area contributed by atoms with Gasteiger partial charge in [0.1, 0.15) is 5.82 Å². The fourth-order valence-corrected chi connectivity index (χ4v) is 2.68. The van der Waals surface area contributed by atoms with Crippen LogP contribution in [-0.4, -0.2) is 31.5 Å². The Labute approximate surface area is 113 Å². The minimum absolute atomic E-state index is 0.174. The van der Waals surface area contributed by atoms with E-state index in [0.29, 0.717) is 19.6 Å². The van der Waals surface area contributed by atoms with Crippen molar-refractivity contribution < 1.29 is 14.2 Å². The fourth-order valence-electron chi connectivity index (χ4n) is 2.68. The number of ether oxygens (including phenoxy) is 1. The third kappa shape index (κ3) is 4.00. The predicted octanol–water partition coefficient (Wildman–Crippen LogP) is 2.19. The van der Waals surface area contributed by atoms with E-state index in [1.165, 1.54) is 11.6 Å². The average Bonchev–Trinajstić information content (AvgIpc) is 2.39. The first-order valence-electron chi connectivity index (χ1n) is 6.89. The van der Waals surface area contributed by atoms with Crippen LogP contribution in [0.15, 0.2) is 18.2 Å². The van der Waals surface area contributed by atoms with Crippen LogP contribution in [0.2, 0.25) is 0 Å². The standard InChI is InChI=1S/C15H22FNO2/c1-19-10-13(18)7-8-17-15-4-2-3-11-5-6-12(16)9-14(11)15/h5-6,9,13,15,17-18H,2-4,7-8,10H2,1H3. The van der Waals surface area contributed by atoms with E-state index in [-0.39, 0.29) is 11.9 Å². The van der Waals surface area contributed by atoms with E-state index in [2.05, 4.69) is 5.32 Å². The van der Waals surface area contributed by atoms with Gasteiger partial charge in [-0.25, -0.2) is 4.39 Å². The number of rotatable bonds is 6. The van der Waals surface area contributed by atoms with Crippen molar-refractivity contribution in [3.63, 3.8) is 0 Å². The van der Waals surface area contributed by atoms with Gasteiger partial charge in [-0.2, -0.15) is 0 Å². The smallest absolute Gasteiger partial charge is 0.123 e. The lowest BCUT2D eigenvalue weighted by molar-refractivity contribution is 0.0588. The molecule has 1 aromatic rings. The number of aliphatic hydroxyl groups is 1. The summed E-state index contributed by atoms with van der Waals surface area (Å²) >= 11 is 0. The molecule has 2 atom stereocenters. The van der Waals surface area contributed by atoms with Crippen molar-refractivity contribution in [2.75, 3.05) is 20.3 Å². The molecule has 0 aromatic heterocycles. The molecule has 106 valence electrons. The van der Waals surface area contributed by atoms with Gasteiger partial charge in [0, 0.05) is 13.2 Å². The Morgan fingerprint density at radius 1 is 1.53 bits per heavy atom. The summed E-state index contributed by atoms with van der Waals surface area (Å²) in [6, 6.07) is 5.26. The van der Waals surface area contributed by atoms with Gasteiger partial charge in [-0.05, 0) is 55.5 Å². The van der Waals surface area contributed by atoms with Gasteiger partial charge < -0.3 is 15.2 Å². The van der Waals surface area contributed by atoms with E-state index in [0.717, 1.165) is 24.8 Å². The largest absolute Gasteiger partial charge is 0.391 e. The normalized spacial score (nSPS) is 20.1. The molecular weight excluding hydrogens is 245 g/mol. The molecule has 2 unspecified atom stereocenters. The van der Waals surface area contributed by atoms with Crippen LogP contribution in [0, 0.1) is 5.82 Å². The molecule has 4 heteroatoms. The molecule has 0 bridgehead atoms. The second-order valence-electron chi connectivity index (χ2n) is 5.14. The van der Waals surface area contributed by atoms with Crippen molar-refractivity contribution >= 4 is 0 Å². The summed E-state index contributed by atoms with van der Waals surface area (Å²) in [5, 5.41) is 13.0. The molecular formula is C15H22FNO2. The number of benzene rings is 1. The van der Waals surface area contributed by atoms with Crippen LogP contribution >= 0.6 is 0 Å². The first-order chi connectivity index (χ1) is 9.20.